The summed E-state index contributed by atoms with van der Waals surface area (Å²) < 4.78 is 0. The maximum atomic E-state index is 12.5. The van der Waals surface area contributed by atoms with E-state index in [1.165, 1.54) is 0 Å². The Morgan fingerprint density at radius 2 is 1.80 bits per heavy atom. The zero-order valence-corrected chi connectivity index (χ0v) is 14.9. The van der Waals surface area contributed by atoms with Crippen LogP contribution in [0.25, 0.3) is 0 Å². The fraction of sp³-hybridized carbons (Fsp3) is 0.300. The van der Waals surface area contributed by atoms with E-state index in [9.17, 15) is 9.59 Å². The molecule has 0 atom stereocenters. The fourth-order valence-corrected chi connectivity index (χ4v) is 3.31. The van der Waals surface area contributed by atoms with Crippen LogP contribution in [0.15, 0.2) is 48.5 Å². The molecule has 0 radical (unpaired) electrons. The lowest BCUT2D eigenvalue weighted by molar-refractivity contribution is 0.0698. The average molecular weight is 357 g/mol. The van der Waals surface area contributed by atoms with Gasteiger partial charge in [0.05, 0.1) is 0 Å². The molecule has 1 N–H and O–H groups in total. The first kappa shape index (κ1) is 17.5. The van der Waals surface area contributed by atoms with E-state index < -0.39 is 0 Å². The third-order valence-corrected chi connectivity index (χ3v) is 4.81. The number of carbonyl (C=O) groups is 2. The summed E-state index contributed by atoms with van der Waals surface area (Å²) in [7, 11) is 0. The number of nitrogens with one attached hydrogen (secondary N) is 1. The number of benzene rings is 2. The molecule has 1 aliphatic heterocycles. The van der Waals surface area contributed by atoms with Crippen LogP contribution in [-0.2, 0) is 0 Å². The van der Waals surface area contributed by atoms with Crippen LogP contribution in [0, 0.1) is 6.92 Å². The van der Waals surface area contributed by atoms with Crippen molar-refractivity contribution in [2.75, 3.05) is 13.1 Å². The molecule has 4 nitrogen and oxygen atoms in total. The Hall–Kier alpha value is -2.33. The number of halogens is 1. The van der Waals surface area contributed by atoms with Gasteiger partial charge in [-0.25, -0.2) is 0 Å². The van der Waals surface area contributed by atoms with Gasteiger partial charge in [-0.3, -0.25) is 9.59 Å². The lowest BCUT2D eigenvalue weighted by Crippen LogP contribution is -2.46. The van der Waals surface area contributed by atoms with E-state index in [1.54, 1.807) is 24.3 Å². The van der Waals surface area contributed by atoms with Crippen molar-refractivity contribution in [2.24, 2.45) is 0 Å². The first-order valence-electron chi connectivity index (χ1n) is 8.46. The number of rotatable bonds is 3. The fourth-order valence-electron chi connectivity index (χ4n) is 3.12. The van der Waals surface area contributed by atoms with Gasteiger partial charge in [0.1, 0.15) is 0 Å². The van der Waals surface area contributed by atoms with Crippen molar-refractivity contribution in [2.45, 2.75) is 25.8 Å². The smallest absolute Gasteiger partial charge is 0.253 e. The number of amides is 2. The zero-order valence-electron chi connectivity index (χ0n) is 14.2. The van der Waals surface area contributed by atoms with Gasteiger partial charge in [0, 0.05) is 35.3 Å². The predicted molar refractivity (Wildman–Crippen MR) is 99.0 cm³/mol. The van der Waals surface area contributed by atoms with Crippen molar-refractivity contribution in [3.8, 4) is 0 Å². The van der Waals surface area contributed by atoms with Crippen molar-refractivity contribution in [3.63, 3.8) is 0 Å². The van der Waals surface area contributed by atoms with Crippen molar-refractivity contribution in [3.05, 3.63) is 70.2 Å². The molecule has 3 rings (SSSR count). The quantitative estimate of drug-likeness (QED) is 0.911. The molecule has 25 heavy (non-hydrogen) atoms. The maximum absolute atomic E-state index is 12.5. The van der Waals surface area contributed by atoms with Crippen molar-refractivity contribution < 1.29 is 9.59 Å². The lowest BCUT2D eigenvalue weighted by atomic mass is 10.0. The number of hydrogen-bond acceptors (Lipinski definition) is 2. The van der Waals surface area contributed by atoms with Gasteiger partial charge in [0.25, 0.3) is 11.8 Å². The Bertz CT molecular complexity index is 783. The molecule has 1 heterocycles. The molecule has 2 aromatic carbocycles. The van der Waals surface area contributed by atoms with Crippen LogP contribution < -0.4 is 5.32 Å². The second-order valence-corrected chi connectivity index (χ2v) is 6.80. The summed E-state index contributed by atoms with van der Waals surface area (Å²) in [6, 6.07) is 14.7. The van der Waals surface area contributed by atoms with E-state index in [0.717, 1.165) is 18.4 Å². The molecule has 1 saturated heterocycles. The van der Waals surface area contributed by atoms with E-state index in [0.29, 0.717) is 29.2 Å². The minimum Gasteiger partial charge on any atom is -0.349 e. The Labute approximate surface area is 152 Å². The molecule has 2 aromatic rings. The number of aryl methyl sites for hydroxylation is 1. The Morgan fingerprint density at radius 3 is 2.48 bits per heavy atom. The molecular formula is C20H21ClN2O2. The minimum atomic E-state index is -0.0438. The number of nitrogens with zero attached hydrogens (tertiary/aromatic N) is 1. The molecule has 130 valence electrons. The summed E-state index contributed by atoms with van der Waals surface area (Å²) in [5, 5.41) is 3.65. The molecule has 1 fully saturated rings. The summed E-state index contributed by atoms with van der Waals surface area (Å²) in [6.07, 6.45) is 1.51. The van der Waals surface area contributed by atoms with Crippen LogP contribution in [0.3, 0.4) is 0 Å². The van der Waals surface area contributed by atoms with Crippen molar-refractivity contribution >= 4 is 23.4 Å². The molecule has 5 heteroatoms. The monoisotopic (exact) mass is 356 g/mol. The number of likely N-dealkylation sites (tertiary alicyclic amines) is 1. The molecule has 2 amide bonds. The summed E-state index contributed by atoms with van der Waals surface area (Å²) in [6.45, 7) is 3.19. The van der Waals surface area contributed by atoms with Crippen LogP contribution in [-0.4, -0.2) is 35.8 Å². The second kappa shape index (κ2) is 7.70. The highest BCUT2D eigenvalue weighted by atomic mass is 35.5. The topological polar surface area (TPSA) is 49.4 Å². The molecule has 0 bridgehead atoms. The first-order chi connectivity index (χ1) is 12.0. The summed E-state index contributed by atoms with van der Waals surface area (Å²) >= 11 is 5.96. The van der Waals surface area contributed by atoms with Crippen molar-refractivity contribution in [1.82, 2.24) is 10.2 Å². The van der Waals surface area contributed by atoms with Crippen LogP contribution >= 0.6 is 11.6 Å². The van der Waals surface area contributed by atoms with Gasteiger partial charge in [-0.05, 0) is 49.6 Å². The lowest BCUT2D eigenvalue weighted by Gasteiger charge is -2.32. The van der Waals surface area contributed by atoms with Gasteiger partial charge in [-0.2, -0.15) is 0 Å². The third kappa shape index (κ3) is 4.20. The van der Waals surface area contributed by atoms with E-state index in [1.807, 2.05) is 36.1 Å². The average Bonchev–Trinajstić information content (AvgIpc) is 2.62. The molecule has 0 spiro atoms. The highest BCUT2D eigenvalue weighted by molar-refractivity contribution is 6.30. The number of piperidine rings is 1. The molecule has 0 aromatic heterocycles. The highest BCUT2D eigenvalue weighted by Gasteiger charge is 2.25. The summed E-state index contributed by atoms with van der Waals surface area (Å²) in [4.78, 5) is 26.8. The third-order valence-electron chi connectivity index (χ3n) is 4.58. The standard InChI is InChI=1S/C20H21ClN2O2/c1-14-5-2-3-8-18(14)19(24)22-17-9-11-23(12-10-17)20(25)15-6-4-7-16(21)13-15/h2-8,13,17H,9-12H2,1H3,(H,22,24). The number of hydrogen-bond donors (Lipinski definition) is 1. The van der Waals surface area contributed by atoms with Gasteiger partial charge in [-0.1, -0.05) is 35.9 Å². The van der Waals surface area contributed by atoms with Crippen molar-refractivity contribution in [1.29, 1.82) is 0 Å². The van der Waals surface area contributed by atoms with E-state index in [4.69, 9.17) is 11.6 Å². The van der Waals surface area contributed by atoms with Gasteiger partial charge in [0.15, 0.2) is 0 Å². The molecule has 0 unspecified atom stereocenters. The van der Waals surface area contributed by atoms with Gasteiger partial charge in [-0.15, -0.1) is 0 Å². The van der Waals surface area contributed by atoms with E-state index in [-0.39, 0.29) is 17.9 Å². The Morgan fingerprint density at radius 1 is 1.08 bits per heavy atom. The van der Waals surface area contributed by atoms with Crippen LogP contribution in [0.5, 0.6) is 0 Å². The zero-order chi connectivity index (χ0) is 17.8. The van der Waals surface area contributed by atoms with Crippen LogP contribution in [0.1, 0.15) is 39.1 Å². The number of carbonyl (C=O) groups excluding carboxylic acids is 2. The predicted octanol–water partition coefficient (Wildman–Crippen LogP) is 3.68. The largest absolute Gasteiger partial charge is 0.349 e. The Kier molecular flexibility index (Phi) is 5.39. The van der Waals surface area contributed by atoms with E-state index in [2.05, 4.69) is 5.32 Å². The summed E-state index contributed by atoms with van der Waals surface area (Å²) in [5.41, 5.74) is 2.28. The minimum absolute atomic E-state index is 0.00817. The SMILES string of the molecule is Cc1ccccc1C(=O)NC1CCN(C(=O)c2cccc(Cl)c2)CC1. The van der Waals surface area contributed by atoms with Gasteiger partial charge >= 0.3 is 0 Å². The normalized spacial score (nSPS) is 15.0. The molecule has 0 saturated carbocycles. The highest BCUT2D eigenvalue weighted by Crippen LogP contribution is 2.17. The first-order valence-corrected chi connectivity index (χ1v) is 8.84. The summed E-state index contributed by atoms with van der Waals surface area (Å²) in [5.74, 6) is -0.0519. The molecular weight excluding hydrogens is 336 g/mol. The van der Waals surface area contributed by atoms with Crippen LogP contribution in [0.2, 0.25) is 5.02 Å². The van der Waals surface area contributed by atoms with Gasteiger partial charge < -0.3 is 10.2 Å². The van der Waals surface area contributed by atoms with Gasteiger partial charge in [0.2, 0.25) is 0 Å². The molecule has 0 aliphatic carbocycles. The second-order valence-electron chi connectivity index (χ2n) is 6.37. The van der Waals surface area contributed by atoms with E-state index >= 15 is 0 Å². The Balaban J connectivity index is 1.56. The van der Waals surface area contributed by atoms with Crippen LogP contribution in [0.4, 0.5) is 0 Å². The molecule has 1 aliphatic rings. The maximum Gasteiger partial charge on any atom is 0.253 e.